The number of rotatable bonds is 4. The molecule has 0 saturated heterocycles. The predicted molar refractivity (Wildman–Crippen MR) is 72.5 cm³/mol. The largest absolute Gasteiger partial charge is 0.418 e. The Morgan fingerprint density at radius 1 is 1.38 bits per heavy atom. The molecule has 1 aromatic rings. The molecule has 4 nitrogen and oxygen atoms in total. The lowest BCUT2D eigenvalue weighted by molar-refractivity contribution is -0.136. The highest BCUT2D eigenvalue weighted by Crippen LogP contribution is 2.34. The van der Waals surface area contributed by atoms with Crippen molar-refractivity contribution in [2.24, 2.45) is 0 Å². The number of hydrogen-bond donors (Lipinski definition) is 1. The van der Waals surface area contributed by atoms with Crippen LogP contribution in [-0.2, 0) is 6.18 Å². The summed E-state index contributed by atoms with van der Waals surface area (Å²) in [7, 11) is 0. The maximum absolute atomic E-state index is 12.9. The maximum atomic E-state index is 12.9. The van der Waals surface area contributed by atoms with Crippen molar-refractivity contribution in [1.82, 2.24) is 4.90 Å². The summed E-state index contributed by atoms with van der Waals surface area (Å²) in [4.78, 5) is 13.4. The molecule has 0 fully saturated rings. The molecular weight excluding hydrogens is 283 g/mol. The van der Waals surface area contributed by atoms with Crippen molar-refractivity contribution in [3.8, 4) is 6.07 Å². The summed E-state index contributed by atoms with van der Waals surface area (Å²) in [6, 6.07) is 5.80. The molecule has 0 unspecified atom stereocenters. The SMILES string of the molecule is CC(C)N(CCC#N)C(=O)Nc1ccccc1C(F)(F)F. The second-order valence-electron chi connectivity index (χ2n) is 4.67. The summed E-state index contributed by atoms with van der Waals surface area (Å²) >= 11 is 0. The molecule has 114 valence electrons. The van der Waals surface area contributed by atoms with E-state index in [1.54, 1.807) is 13.8 Å². The number of nitrogens with zero attached hydrogens (tertiary/aromatic N) is 2. The van der Waals surface area contributed by atoms with Gasteiger partial charge in [-0.2, -0.15) is 18.4 Å². The van der Waals surface area contributed by atoms with Crippen LogP contribution in [0.25, 0.3) is 0 Å². The van der Waals surface area contributed by atoms with Crippen LogP contribution < -0.4 is 5.32 Å². The lowest BCUT2D eigenvalue weighted by Crippen LogP contribution is -2.40. The fourth-order valence-electron chi connectivity index (χ4n) is 1.79. The fraction of sp³-hybridized carbons (Fsp3) is 0.429. The number of carbonyl (C=O) groups is 1. The molecule has 0 radical (unpaired) electrons. The molecule has 1 N–H and O–H groups in total. The van der Waals surface area contributed by atoms with E-state index < -0.39 is 17.8 Å². The zero-order valence-electron chi connectivity index (χ0n) is 11.7. The minimum atomic E-state index is -4.54. The van der Waals surface area contributed by atoms with E-state index in [9.17, 15) is 18.0 Å². The molecule has 1 rings (SSSR count). The zero-order chi connectivity index (χ0) is 16.0. The van der Waals surface area contributed by atoms with Crippen molar-refractivity contribution in [3.63, 3.8) is 0 Å². The normalized spacial score (nSPS) is 11.1. The van der Waals surface area contributed by atoms with Crippen LogP contribution in [0.5, 0.6) is 0 Å². The summed E-state index contributed by atoms with van der Waals surface area (Å²) in [5, 5.41) is 10.8. The average Bonchev–Trinajstić information content (AvgIpc) is 2.38. The minimum absolute atomic E-state index is 0.118. The zero-order valence-corrected chi connectivity index (χ0v) is 11.7. The number of alkyl halides is 3. The van der Waals surface area contributed by atoms with Gasteiger partial charge in [-0.1, -0.05) is 12.1 Å². The van der Waals surface area contributed by atoms with E-state index in [4.69, 9.17) is 5.26 Å². The van der Waals surface area contributed by atoms with Gasteiger partial charge in [0.1, 0.15) is 0 Å². The summed E-state index contributed by atoms with van der Waals surface area (Å²) in [5.74, 6) is 0. The van der Waals surface area contributed by atoms with Crippen molar-refractivity contribution < 1.29 is 18.0 Å². The van der Waals surface area contributed by atoms with E-state index in [2.05, 4.69) is 5.32 Å². The molecule has 7 heteroatoms. The molecule has 0 aliphatic heterocycles. The van der Waals surface area contributed by atoms with Gasteiger partial charge in [-0.25, -0.2) is 4.79 Å². The smallest absolute Gasteiger partial charge is 0.321 e. The van der Waals surface area contributed by atoms with Gasteiger partial charge in [0.15, 0.2) is 0 Å². The average molecular weight is 299 g/mol. The third-order valence-electron chi connectivity index (χ3n) is 2.82. The Hall–Kier alpha value is -2.23. The second kappa shape index (κ2) is 6.97. The topological polar surface area (TPSA) is 56.1 Å². The number of amides is 2. The lowest BCUT2D eigenvalue weighted by atomic mass is 10.1. The van der Waals surface area contributed by atoms with E-state index in [1.165, 1.54) is 23.1 Å². The van der Waals surface area contributed by atoms with Gasteiger partial charge in [0, 0.05) is 12.6 Å². The van der Waals surface area contributed by atoms with Gasteiger partial charge in [0.25, 0.3) is 0 Å². The molecule has 0 saturated carbocycles. The quantitative estimate of drug-likeness (QED) is 0.917. The Bertz CT molecular complexity index is 535. The van der Waals surface area contributed by atoms with Crippen molar-refractivity contribution in [1.29, 1.82) is 5.26 Å². The van der Waals surface area contributed by atoms with E-state index in [-0.39, 0.29) is 24.7 Å². The van der Waals surface area contributed by atoms with E-state index in [1.807, 2.05) is 6.07 Å². The Balaban J connectivity index is 2.95. The van der Waals surface area contributed by atoms with E-state index >= 15 is 0 Å². The fourth-order valence-corrected chi connectivity index (χ4v) is 1.79. The Morgan fingerprint density at radius 3 is 2.52 bits per heavy atom. The molecular formula is C14H16F3N3O. The molecule has 2 amide bonds. The number of para-hydroxylation sites is 1. The third-order valence-corrected chi connectivity index (χ3v) is 2.82. The molecule has 0 aliphatic rings. The first kappa shape index (κ1) is 16.8. The molecule has 0 spiro atoms. The van der Waals surface area contributed by atoms with Gasteiger partial charge in [0.2, 0.25) is 0 Å². The summed E-state index contributed by atoms with van der Waals surface area (Å²) in [6.45, 7) is 3.62. The van der Waals surface area contributed by atoms with Crippen LogP contribution in [0.2, 0.25) is 0 Å². The monoisotopic (exact) mass is 299 g/mol. The van der Waals surface area contributed by atoms with Crippen LogP contribution in [0.4, 0.5) is 23.7 Å². The molecule has 0 aliphatic carbocycles. The molecule has 1 aromatic carbocycles. The highest BCUT2D eigenvalue weighted by molar-refractivity contribution is 5.90. The summed E-state index contributed by atoms with van der Waals surface area (Å²) in [6.07, 6.45) is -4.42. The minimum Gasteiger partial charge on any atom is -0.321 e. The van der Waals surface area contributed by atoms with Crippen LogP contribution in [0, 0.1) is 11.3 Å². The molecule has 0 heterocycles. The van der Waals surface area contributed by atoms with E-state index in [0.717, 1.165) is 6.07 Å². The standard InChI is InChI=1S/C14H16F3N3O/c1-10(2)20(9-5-8-18)13(21)19-12-7-4-3-6-11(12)14(15,16)17/h3-4,6-7,10H,5,9H2,1-2H3,(H,19,21). The number of hydrogen-bond acceptors (Lipinski definition) is 2. The number of benzene rings is 1. The highest BCUT2D eigenvalue weighted by Gasteiger charge is 2.34. The van der Waals surface area contributed by atoms with Gasteiger partial charge in [-0.15, -0.1) is 0 Å². The van der Waals surface area contributed by atoms with Crippen LogP contribution in [0.15, 0.2) is 24.3 Å². The van der Waals surface area contributed by atoms with Gasteiger partial charge in [-0.3, -0.25) is 0 Å². The maximum Gasteiger partial charge on any atom is 0.418 e. The van der Waals surface area contributed by atoms with Gasteiger partial charge in [0.05, 0.1) is 23.7 Å². The highest BCUT2D eigenvalue weighted by atomic mass is 19.4. The summed E-state index contributed by atoms with van der Waals surface area (Å²) in [5.41, 5.74) is -1.19. The first-order valence-electron chi connectivity index (χ1n) is 6.38. The van der Waals surface area contributed by atoms with E-state index in [0.29, 0.717) is 0 Å². The number of nitrogens with one attached hydrogen (secondary N) is 1. The van der Waals surface area contributed by atoms with Gasteiger partial charge >= 0.3 is 12.2 Å². The molecule has 0 atom stereocenters. The van der Waals surface area contributed by atoms with Crippen molar-refractivity contribution in [3.05, 3.63) is 29.8 Å². The van der Waals surface area contributed by atoms with Crippen molar-refractivity contribution >= 4 is 11.7 Å². The second-order valence-corrected chi connectivity index (χ2v) is 4.67. The van der Waals surface area contributed by atoms with Crippen LogP contribution in [0.3, 0.4) is 0 Å². The number of carbonyl (C=O) groups excluding carboxylic acids is 1. The Kier molecular flexibility index (Phi) is 5.59. The van der Waals surface area contributed by atoms with Crippen molar-refractivity contribution in [2.75, 3.05) is 11.9 Å². The summed E-state index contributed by atoms with van der Waals surface area (Å²) < 4.78 is 38.6. The number of anilines is 1. The van der Waals surface area contributed by atoms with Gasteiger partial charge < -0.3 is 10.2 Å². The number of halogens is 3. The predicted octanol–water partition coefficient (Wildman–Crippen LogP) is 3.86. The van der Waals surface area contributed by atoms with Crippen LogP contribution in [0.1, 0.15) is 25.8 Å². The molecule has 0 aromatic heterocycles. The number of nitriles is 1. The number of urea groups is 1. The first-order valence-corrected chi connectivity index (χ1v) is 6.38. The van der Waals surface area contributed by atoms with Crippen LogP contribution >= 0.6 is 0 Å². The van der Waals surface area contributed by atoms with Gasteiger partial charge in [-0.05, 0) is 26.0 Å². The lowest BCUT2D eigenvalue weighted by Gasteiger charge is -2.26. The first-order chi connectivity index (χ1) is 9.77. The molecule has 0 bridgehead atoms. The Morgan fingerprint density at radius 2 is 2.00 bits per heavy atom. The molecule has 21 heavy (non-hydrogen) atoms. The Labute approximate surface area is 121 Å². The third kappa shape index (κ3) is 4.67. The van der Waals surface area contributed by atoms with Crippen molar-refractivity contribution in [2.45, 2.75) is 32.5 Å². The van der Waals surface area contributed by atoms with Crippen LogP contribution in [-0.4, -0.2) is 23.5 Å².